The highest BCUT2D eigenvalue weighted by Gasteiger charge is 2.37. The number of aliphatic hydroxyl groups excluding tert-OH is 1. The van der Waals surface area contributed by atoms with Crippen LogP contribution in [0.15, 0.2) is 0 Å². The van der Waals surface area contributed by atoms with E-state index in [1.807, 2.05) is 0 Å². The van der Waals surface area contributed by atoms with Crippen LogP contribution in [0, 0.1) is 5.92 Å². The maximum absolute atomic E-state index is 11.9. The van der Waals surface area contributed by atoms with Crippen LogP contribution in [-0.4, -0.2) is 64.8 Å². The van der Waals surface area contributed by atoms with Crippen LogP contribution < -0.4 is 10.6 Å². The van der Waals surface area contributed by atoms with Crippen molar-refractivity contribution in [2.75, 3.05) is 19.6 Å². The van der Waals surface area contributed by atoms with E-state index in [0.29, 0.717) is 26.1 Å². The van der Waals surface area contributed by atoms with Gasteiger partial charge in [-0.05, 0) is 19.3 Å². The van der Waals surface area contributed by atoms with Crippen LogP contribution in [0.25, 0.3) is 0 Å². The van der Waals surface area contributed by atoms with Crippen LogP contribution in [0.3, 0.4) is 0 Å². The third-order valence-electron chi connectivity index (χ3n) is 3.81. The Hall–Kier alpha value is -1.83. The minimum Gasteiger partial charge on any atom is -0.465 e. The fraction of sp³-hybridized carbons (Fsp3) is 0.750. The predicted molar refractivity (Wildman–Crippen MR) is 67.9 cm³/mol. The standard InChI is InChI=1S/C12H19N3O5/c16-9(11(18)15-4-1-5-15)8(14-12(19)20)6-7-2-3-13-10(7)17/h7-9,14,16H,1-6H2,(H,13,17)(H,19,20)/t7-,8-,9?/m0/s1. The Morgan fingerprint density at radius 2 is 2.15 bits per heavy atom. The minimum absolute atomic E-state index is 0.124. The highest BCUT2D eigenvalue weighted by molar-refractivity contribution is 5.84. The van der Waals surface area contributed by atoms with E-state index in [1.54, 1.807) is 0 Å². The van der Waals surface area contributed by atoms with E-state index in [9.17, 15) is 19.5 Å². The van der Waals surface area contributed by atoms with E-state index in [-0.39, 0.29) is 18.2 Å². The summed E-state index contributed by atoms with van der Waals surface area (Å²) in [7, 11) is 0. The average Bonchev–Trinajstić information content (AvgIpc) is 2.70. The topological polar surface area (TPSA) is 119 Å². The number of nitrogens with zero attached hydrogens (tertiary/aromatic N) is 1. The average molecular weight is 285 g/mol. The number of nitrogens with one attached hydrogen (secondary N) is 2. The number of carbonyl (C=O) groups excluding carboxylic acids is 2. The van der Waals surface area contributed by atoms with E-state index in [2.05, 4.69) is 10.6 Å². The number of hydrogen-bond donors (Lipinski definition) is 4. The van der Waals surface area contributed by atoms with Crippen molar-refractivity contribution in [3.63, 3.8) is 0 Å². The molecule has 3 amide bonds. The van der Waals surface area contributed by atoms with E-state index >= 15 is 0 Å². The molecule has 0 aromatic heterocycles. The Morgan fingerprint density at radius 3 is 2.60 bits per heavy atom. The molecule has 8 heteroatoms. The summed E-state index contributed by atoms with van der Waals surface area (Å²) in [4.78, 5) is 35.8. The summed E-state index contributed by atoms with van der Waals surface area (Å²) in [5.74, 6) is -1.01. The maximum atomic E-state index is 11.9. The Morgan fingerprint density at radius 1 is 1.45 bits per heavy atom. The van der Waals surface area contributed by atoms with Gasteiger partial charge in [0.2, 0.25) is 5.91 Å². The second-order valence-corrected chi connectivity index (χ2v) is 5.19. The molecule has 2 aliphatic heterocycles. The maximum Gasteiger partial charge on any atom is 0.404 e. The van der Waals surface area contributed by atoms with Gasteiger partial charge in [0.1, 0.15) is 0 Å². The SMILES string of the molecule is O=C(O)N[C@@H](C[C@@H]1CCNC1=O)C(O)C(=O)N1CCC1. The molecular formula is C12H19N3O5. The van der Waals surface area contributed by atoms with Gasteiger partial charge in [0.25, 0.3) is 5.91 Å². The molecule has 0 radical (unpaired) electrons. The highest BCUT2D eigenvalue weighted by atomic mass is 16.4. The second-order valence-electron chi connectivity index (χ2n) is 5.19. The molecule has 0 saturated carbocycles. The van der Waals surface area contributed by atoms with Gasteiger partial charge < -0.3 is 25.7 Å². The lowest BCUT2D eigenvalue weighted by Crippen LogP contribution is -2.55. The zero-order chi connectivity index (χ0) is 14.7. The molecule has 2 saturated heterocycles. The lowest BCUT2D eigenvalue weighted by molar-refractivity contribution is -0.145. The lowest BCUT2D eigenvalue weighted by atomic mass is 9.94. The molecule has 1 unspecified atom stereocenters. The van der Waals surface area contributed by atoms with Gasteiger partial charge in [-0.2, -0.15) is 0 Å². The van der Waals surface area contributed by atoms with E-state index in [0.717, 1.165) is 6.42 Å². The molecule has 2 aliphatic rings. The summed E-state index contributed by atoms with van der Waals surface area (Å²) in [5.41, 5.74) is 0. The monoisotopic (exact) mass is 285 g/mol. The van der Waals surface area contributed by atoms with Gasteiger partial charge in [-0.25, -0.2) is 4.79 Å². The molecule has 0 aromatic rings. The third kappa shape index (κ3) is 3.19. The molecule has 0 spiro atoms. The molecule has 2 fully saturated rings. The Balaban J connectivity index is 1.99. The third-order valence-corrected chi connectivity index (χ3v) is 3.81. The van der Waals surface area contributed by atoms with Crippen molar-refractivity contribution < 1.29 is 24.6 Å². The molecule has 0 bridgehead atoms. The first-order valence-electron chi connectivity index (χ1n) is 6.73. The molecule has 4 N–H and O–H groups in total. The van der Waals surface area contributed by atoms with Crippen molar-refractivity contribution in [1.29, 1.82) is 0 Å². The van der Waals surface area contributed by atoms with Crippen LogP contribution in [0.2, 0.25) is 0 Å². The molecule has 3 atom stereocenters. The fourth-order valence-corrected chi connectivity index (χ4v) is 2.50. The van der Waals surface area contributed by atoms with Crippen molar-refractivity contribution in [2.24, 2.45) is 5.92 Å². The van der Waals surface area contributed by atoms with Crippen LogP contribution in [-0.2, 0) is 9.59 Å². The summed E-state index contributed by atoms with van der Waals surface area (Å²) in [6.07, 6.45) is -1.16. The molecular weight excluding hydrogens is 266 g/mol. The molecule has 8 nitrogen and oxygen atoms in total. The van der Waals surface area contributed by atoms with Gasteiger partial charge >= 0.3 is 6.09 Å². The number of hydrogen-bond acceptors (Lipinski definition) is 4. The van der Waals surface area contributed by atoms with Crippen LogP contribution in [0.1, 0.15) is 19.3 Å². The predicted octanol–water partition coefficient (Wildman–Crippen LogP) is -1.26. The molecule has 2 rings (SSSR count). The summed E-state index contributed by atoms with van der Waals surface area (Å²) in [6, 6.07) is -0.963. The first-order chi connectivity index (χ1) is 9.49. The second kappa shape index (κ2) is 6.08. The molecule has 2 heterocycles. The van der Waals surface area contributed by atoms with Crippen molar-refractivity contribution >= 4 is 17.9 Å². The zero-order valence-corrected chi connectivity index (χ0v) is 11.0. The van der Waals surface area contributed by atoms with Crippen LogP contribution in [0.5, 0.6) is 0 Å². The lowest BCUT2D eigenvalue weighted by Gasteiger charge is -2.35. The first kappa shape index (κ1) is 14.6. The van der Waals surface area contributed by atoms with Gasteiger partial charge in [-0.3, -0.25) is 9.59 Å². The molecule has 112 valence electrons. The first-order valence-corrected chi connectivity index (χ1v) is 6.73. The van der Waals surface area contributed by atoms with Crippen LogP contribution >= 0.6 is 0 Å². The summed E-state index contributed by atoms with van der Waals surface area (Å²) >= 11 is 0. The highest BCUT2D eigenvalue weighted by Crippen LogP contribution is 2.19. The smallest absolute Gasteiger partial charge is 0.404 e. The Labute approximate surface area is 116 Å². The minimum atomic E-state index is -1.44. The van der Waals surface area contributed by atoms with Crippen LogP contribution in [0.4, 0.5) is 4.79 Å². The van der Waals surface area contributed by atoms with Crippen molar-refractivity contribution in [2.45, 2.75) is 31.4 Å². The summed E-state index contributed by atoms with van der Waals surface area (Å²) in [6.45, 7) is 1.71. The molecule has 0 aromatic carbocycles. The molecule has 0 aliphatic carbocycles. The Kier molecular flexibility index (Phi) is 4.43. The largest absolute Gasteiger partial charge is 0.465 e. The Bertz CT molecular complexity index is 410. The number of carboxylic acid groups (broad SMARTS) is 1. The quantitative estimate of drug-likeness (QED) is 0.503. The van der Waals surface area contributed by atoms with Gasteiger partial charge in [0.15, 0.2) is 6.10 Å². The van der Waals surface area contributed by atoms with Crippen molar-refractivity contribution in [1.82, 2.24) is 15.5 Å². The normalized spacial score (nSPS) is 24.6. The number of carbonyl (C=O) groups is 3. The summed E-state index contributed by atoms with van der Waals surface area (Å²) in [5, 5.41) is 23.7. The van der Waals surface area contributed by atoms with Gasteiger partial charge in [-0.15, -0.1) is 0 Å². The number of likely N-dealkylation sites (tertiary alicyclic amines) is 1. The van der Waals surface area contributed by atoms with E-state index < -0.39 is 24.1 Å². The van der Waals surface area contributed by atoms with Gasteiger partial charge in [0, 0.05) is 25.6 Å². The fourth-order valence-electron chi connectivity index (χ4n) is 2.50. The van der Waals surface area contributed by atoms with Gasteiger partial charge in [-0.1, -0.05) is 0 Å². The number of amides is 3. The molecule has 20 heavy (non-hydrogen) atoms. The number of aliphatic hydroxyl groups is 1. The van der Waals surface area contributed by atoms with Crippen molar-refractivity contribution in [3.05, 3.63) is 0 Å². The van der Waals surface area contributed by atoms with E-state index in [4.69, 9.17) is 5.11 Å². The van der Waals surface area contributed by atoms with E-state index in [1.165, 1.54) is 4.90 Å². The van der Waals surface area contributed by atoms with Gasteiger partial charge in [0.05, 0.1) is 6.04 Å². The zero-order valence-electron chi connectivity index (χ0n) is 11.0. The number of rotatable bonds is 5. The van der Waals surface area contributed by atoms with Crippen molar-refractivity contribution in [3.8, 4) is 0 Å². The summed E-state index contributed by atoms with van der Waals surface area (Å²) < 4.78 is 0.